The Labute approximate surface area is 137 Å². The van der Waals surface area contributed by atoms with Crippen molar-refractivity contribution in [2.24, 2.45) is 0 Å². The minimum absolute atomic E-state index is 0.0226. The van der Waals surface area contributed by atoms with E-state index in [1.165, 1.54) is 0 Å². The number of aliphatic hydroxyl groups excluding tert-OH is 1. The summed E-state index contributed by atoms with van der Waals surface area (Å²) in [6.07, 6.45) is 3.27. The Hall–Kier alpha value is -1.88. The first-order valence-corrected chi connectivity index (χ1v) is 8.43. The zero-order chi connectivity index (χ0) is 16.7. The predicted molar refractivity (Wildman–Crippen MR) is 88.7 cm³/mol. The average Bonchev–Trinajstić information content (AvgIpc) is 2.56. The molecule has 5 nitrogen and oxygen atoms in total. The van der Waals surface area contributed by atoms with Gasteiger partial charge in [-0.2, -0.15) is 0 Å². The summed E-state index contributed by atoms with van der Waals surface area (Å²) in [5.74, 6) is -0.198. The van der Waals surface area contributed by atoms with Crippen molar-refractivity contribution in [2.75, 3.05) is 13.1 Å². The van der Waals surface area contributed by atoms with Crippen LogP contribution in [0.3, 0.4) is 0 Å². The van der Waals surface area contributed by atoms with Crippen molar-refractivity contribution in [1.29, 1.82) is 0 Å². The van der Waals surface area contributed by atoms with Crippen LogP contribution >= 0.6 is 0 Å². The predicted octanol–water partition coefficient (Wildman–Crippen LogP) is 2.02. The molecule has 2 amide bonds. The maximum Gasteiger partial charge on any atom is 0.247 e. The van der Waals surface area contributed by atoms with E-state index in [1.54, 1.807) is 4.90 Å². The molecule has 1 aromatic carbocycles. The van der Waals surface area contributed by atoms with Gasteiger partial charge >= 0.3 is 0 Å². The second-order valence-electron chi connectivity index (χ2n) is 6.05. The molecule has 0 aromatic heterocycles. The number of aliphatic hydroxyl groups is 1. The van der Waals surface area contributed by atoms with E-state index >= 15 is 0 Å². The molecule has 1 aliphatic rings. The van der Waals surface area contributed by atoms with Gasteiger partial charge in [0.2, 0.25) is 11.8 Å². The van der Waals surface area contributed by atoms with E-state index < -0.39 is 12.1 Å². The lowest BCUT2D eigenvalue weighted by atomic mass is 10.0. The zero-order valence-electron chi connectivity index (χ0n) is 13.7. The first kappa shape index (κ1) is 17.5. The Bertz CT molecular complexity index is 518. The molecule has 5 heteroatoms. The van der Waals surface area contributed by atoms with Crippen molar-refractivity contribution in [3.63, 3.8) is 0 Å². The first-order valence-electron chi connectivity index (χ1n) is 8.43. The maximum absolute atomic E-state index is 12.7. The zero-order valence-corrected chi connectivity index (χ0v) is 13.7. The molecule has 0 bridgehead atoms. The van der Waals surface area contributed by atoms with Crippen molar-refractivity contribution < 1.29 is 14.7 Å². The van der Waals surface area contributed by atoms with E-state index in [4.69, 9.17) is 0 Å². The molecule has 1 saturated heterocycles. The monoisotopic (exact) mass is 318 g/mol. The number of hydrogen-bond acceptors (Lipinski definition) is 3. The van der Waals surface area contributed by atoms with Crippen molar-refractivity contribution in [3.05, 3.63) is 35.9 Å². The van der Waals surface area contributed by atoms with Crippen LogP contribution in [-0.2, 0) is 9.59 Å². The minimum Gasteiger partial charge on any atom is -0.391 e. The molecule has 2 atom stereocenters. The van der Waals surface area contributed by atoms with Gasteiger partial charge in [0, 0.05) is 19.5 Å². The normalized spacial score (nSPS) is 17.7. The van der Waals surface area contributed by atoms with E-state index in [1.807, 2.05) is 37.3 Å². The van der Waals surface area contributed by atoms with Gasteiger partial charge in [-0.1, -0.05) is 43.7 Å². The van der Waals surface area contributed by atoms with Crippen LogP contribution in [0.5, 0.6) is 0 Å². The van der Waals surface area contributed by atoms with Gasteiger partial charge in [0.1, 0.15) is 6.04 Å². The highest BCUT2D eigenvalue weighted by Gasteiger charge is 2.32. The molecule has 0 saturated carbocycles. The highest BCUT2D eigenvalue weighted by atomic mass is 16.3. The summed E-state index contributed by atoms with van der Waals surface area (Å²) in [6.45, 7) is 2.81. The van der Waals surface area contributed by atoms with Crippen LogP contribution in [-0.4, -0.2) is 41.0 Å². The van der Waals surface area contributed by atoms with E-state index in [0.717, 1.165) is 24.8 Å². The van der Waals surface area contributed by atoms with Crippen molar-refractivity contribution in [1.82, 2.24) is 10.2 Å². The number of carbonyl (C=O) groups excluding carboxylic acids is 2. The van der Waals surface area contributed by atoms with Crippen LogP contribution in [0.4, 0.5) is 0 Å². The molecule has 1 aliphatic heterocycles. The van der Waals surface area contributed by atoms with Crippen LogP contribution in [0.1, 0.15) is 50.6 Å². The maximum atomic E-state index is 12.7. The third kappa shape index (κ3) is 4.79. The number of rotatable bonds is 7. The number of amides is 2. The fourth-order valence-corrected chi connectivity index (χ4v) is 2.96. The van der Waals surface area contributed by atoms with Crippen LogP contribution in [0.25, 0.3) is 0 Å². The third-order valence-corrected chi connectivity index (χ3v) is 4.17. The molecule has 1 aromatic rings. The first-order chi connectivity index (χ1) is 11.1. The molecule has 0 spiro atoms. The van der Waals surface area contributed by atoms with Gasteiger partial charge in [-0.3, -0.25) is 9.59 Å². The molecule has 2 unspecified atom stereocenters. The largest absolute Gasteiger partial charge is 0.391 e. The highest BCUT2D eigenvalue weighted by molar-refractivity contribution is 5.89. The molecule has 0 radical (unpaired) electrons. The molecule has 0 aliphatic carbocycles. The second-order valence-corrected chi connectivity index (χ2v) is 6.05. The number of hydrogen-bond donors (Lipinski definition) is 2. The smallest absolute Gasteiger partial charge is 0.247 e. The van der Waals surface area contributed by atoms with Crippen molar-refractivity contribution in [2.45, 2.75) is 51.2 Å². The number of piperidine rings is 1. The molecular formula is C18H26N2O3. The van der Waals surface area contributed by atoms with Crippen LogP contribution in [0.15, 0.2) is 30.3 Å². The summed E-state index contributed by atoms with van der Waals surface area (Å²) in [7, 11) is 0. The van der Waals surface area contributed by atoms with Crippen LogP contribution in [0, 0.1) is 0 Å². The summed E-state index contributed by atoms with van der Waals surface area (Å²) in [4.78, 5) is 26.6. The van der Waals surface area contributed by atoms with E-state index in [9.17, 15) is 14.7 Å². The SMILES string of the molecule is CCCC(O)CNC(=O)C(c1ccccc1)N1CCCCC1=O. The summed E-state index contributed by atoms with van der Waals surface area (Å²) in [5, 5.41) is 12.6. The Morgan fingerprint density at radius 3 is 2.70 bits per heavy atom. The number of nitrogens with one attached hydrogen (secondary N) is 1. The Morgan fingerprint density at radius 2 is 2.04 bits per heavy atom. The van der Waals surface area contributed by atoms with E-state index in [2.05, 4.69) is 5.32 Å². The Morgan fingerprint density at radius 1 is 1.30 bits per heavy atom. The summed E-state index contributed by atoms with van der Waals surface area (Å²) >= 11 is 0. The Kier molecular flexibility index (Phi) is 6.59. The lowest BCUT2D eigenvalue weighted by molar-refractivity contribution is -0.142. The second kappa shape index (κ2) is 8.67. The fraction of sp³-hybridized carbons (Fsp3) is 0.556. The Balaban J connectivity index is 2.13. The summed E-state index contributed by atoms with van der Waals surface area (Å²) < 4.78 is 0. The number of likely N-dealkylation sites (tertiary alicyclic amines) is 1. The lowest BCUT2D eigenvalue weighted by Crippen LogP contribution is -2.47. The molecular weight excluding hydrogens is 292 g/mol. The molecule has 2 N–H and O–H groups in total. The molecule has 2 rings (SSSR count). The van der Waals surface area contributed by atoms with Crippen LogP contribution in [0.2, 0.25) is 0 Å². The van der Waals surface area contributed by atoms with Gasteiger partial charge in [-0.05, 0) is 24.8 Å². The van der Waals surface area contributed by atoms with Gasteiger partial charge in [0.05, 0.1) is 6.10 Å². The van der Waals surface area contributed by atoms with Gasteiger partial charge < -0.3 is 15.3 Å². The molecule has 1 heterocycles. The van der Waals surface area contributed by atoms with Gasteiger partial charge in [-0.25, -0.2) is 0 Å². The quantitative estimate of drug-likeness (QED) is 0.808. The van der Waals surface area contributed by atoms with E-state index in [-0.39, 0.29) is 18.4 Å². The molecule has 23 heavy (non-hydrogen) atoms. The topological polar surface area (TPSA) is 69.6 Å². The van der Waals surface area contributed by atoms with Crippen molar-refractivity contribution >= 4 is 11.8 Å². The van der Waals surface area contributed by atoms with E-state index in [0.29, 0.717) is 19.4 Å². The average molecular weight is 318 g/mol. The van der Waals surface area contributed by atoms with Crippen molar-refractivity contribution in [3.8, 4) is 0 Å². The summed E-state index contributed by atoms with van der Waals surface area (Å²) in [5.41, 5.74) is 0.810. The number of benzene rings is 1. The van der Waals surface area contributed by atoms with Gasteiger partial charge in [-0.15, -0.1) is 0 Å². The van der Waals surface area contributed by atoms with Gasteiger partial charge in [0.25, 0.3) is 0 Å². The van der Waals surface area contributed by atoms with Crippen LogP contribution < -0.4 is 5.32 Å². The number of carbonyl (C=O) groups is 2. The molecule has 126 valence electrons. The molecule has 1 fully saturated rings. The third-order valence-electron chi connectivity index (χ3n) is 4.17. The minimum atomic E-state index is -0.613. The number of nitrogens with zero attached hydrogens (tertiary/aromatic N) is 1. The van der Waals surface area contributed by atoms with Gasteiger partial charge in [0.15, 0.2) is 0 Å². The highest BCUT2D eigenvalue weighted by Crippen LogP contribution is 2.25. The summed E-state index contributed by atoms with van der Waals surface area (Å²) in [6, 6.07) is 8.76. The fourth-order valence-electron chi connectivity index (χ4n) is 2.96. The lowest BCUT2D eigenvalue weighted by Gasteiger charge is -2.34. The standard InChI is InChI=1S/C18H26N2O3/c1-2-8-15(21)13-19-18(23)17(14-9-4-3-5-10-14)20-12-7-6-11-16(20)22/h3-5,9-10,15,17,21H,2,6-8,11-13H2,1H3,(H,19,23).